The van der Waals surface area contributed by atoms with Crippen LogP contribution in [0.15, 0.2) is 91.1 Å². The number of hydrogen-bond donors (Lipinski definition) is 1. The van der Waals surface area contributed by atoms with Crippen LogP contribution in [0.25, 0.3) is 5.69 Å². The van der Waals surface area contributed by atoms with Crippen molar-refractivity contribution in [3.8, 4) is 17.2 Å². The molecule has 0 bridgehead atoms. The topological polar surface area (TPSA) is 42.3 Å². The molecule has 3 heterocycles. The van der Waals surface area contributed by atoms with Gasteiger partial charge in [-0.15, -0.1) is 0 Å². The lowest BCUT2D eigenvalue weighted by Gasteiger charge is -2.28. The Bertz CT molecular complexity index is 1750. The molecular weight excluding hydrogens is 536 g/mol. The number of nitrogens with zero attached hydrogens (tertiary/aromatic N) is 3. The average molecular weight is 573 g/mol. The Kier molecular flexibility index (Phi) is 7.33. The summed E-state index contributed by atoms with van der Waals surface area (Å²) in [7, 11) is 0. The van der Waals surface area contributed by atoms with Gasteiger partial charge in [-0.05, 0) is 125 Å². The van der Waals surface area contributed by atoms with Gasteiger partial charge in [0.05, 0.1) is 23.5 Å². The lowest BCUT2D eigenvalue weighted by molar-refractivity contribution is 0.479. The minimum absolute atomic E-state index is 0.0958. The Morgan fingerprint density at radius 2 is 1.48 bits per heavy atom. The number of aryl methyl sites for hydroxylation is 5. The molecule has 0 spiro atoms. The summed E-state index contributed by atoms with van der Waals surface area (Å²) in [6.45, 7) is 13.0. The number of para-hydroxylation sites is 1. The molecule has 212 valence electrons. The predicted molar refractivity (Wildman–Crippen MR) is 175 cm³/mol. The smallest absolute Gasteiger partial charge is 0.174 e. The van der Waals surface area contributed by atoms with Crippen LogP contribution in [0.1, 0.15) is 57.0 Å². The van der Waals surface area contributed by atoms with E-state index in [1.165, 1.54) is 39.3 Å². The van der Waals surface area contributed by atoms with Crippen LogP contribution in [0, 0.1) is 41.5 Å². The molecule has 1 fully saturated rings. The molecule has 6 heteroatoms. The maximum absolute atomic E-state index is 6.19. The minimum atomic E-state index is -0.115. The lowest BCUT2D eigenvalue weighted by atomic mass is 9.96. The summed E-state index contributed by atoms with van der Waals surface area (Å²) in [5.41, 5.74) is 11.7. The van der Waals surface area contributed by atoms with E-state index in [4.69, 9.17) is 21.9 Å². The molecule has 0 aliphatic carbocycles. The zero-order chi connectivity index (χ0) is 29.5. The number of hydrogen-bond acceptors (Lipinski definition) is 3. The van der Waals surface area contributed by atoms with Gasteiger partial charge in [-0.2, -0.15) is 0 Å². The van der Waals surface area contributed by atoms with Crippen LogP contribution in [-0.4, -0.2) is 14.7 Å². The van der Waals surface area contributed by atoms with E-state index in [1.54, 1.807) is 0 Å². The third kappa shape index (κ3) is 4.96. The van der Waals surface area contributed by atoms with E-state index >= 15 is 0 Å². The maximum atomic E-state index is 6.19. The van der Waals surface area contributed by atoms with Gasteiger partial charge in [0, 0.05) is 23.3 Å². The van der Waals surface area contributed by atoms with Gasteiger partial charge in [0.1, 0.15) is 11.5 Å². The molecule has 3 aromatic carbocycles. The second-order valence-corrected chi connectivity index (χ2v) is 11.7. The van der Waals surface area contributed by atoms with Crippen molar-refractivity contribution >= 4 is 23.0 Å². The Morgan fingerprint density at radius 3 is 2.14 bits per heavy atom. The molecule has 1 aliphatic rings. The summed E-state index contributed by atoms with van der Waals surface area (Å²) >= 11 is 6.01. The molecule has 2 atom stereocenters. The molecule has 1 N–H and O–H groups in total. The highest BCUT2D eigenvalue weighted by atomic mass is 32.1. The zero-order valence-corrected chi connectivity index (χ0v) is 25.8. The summed E-state index contributed by atoms with van der Waals surface area (Å²) < 4.78 is 8.59. The molecule has 2 aromatic heterocycles. The normalized spacial score (nSPS) is 16.5. The molecule has 6 rings (SSSR count). The first kappa shape index (κ1) is 27.7. The van der Waals surface area contributed by atoms with Gasteiger partial charge in [-0.3, -0.25) is 4.98 Å². The molecule has 0 saturated carbocycles. The molecule has 0 amide bonds. The van der Waals surface area contributed by atoms with E-state index in [2.05, 4.69) is 98.8 Å². The molecule has 1 aliphatic heterocycles. The van der Waals surface area contributed by atoms with Crippen LogP contribution in [0.3, 0.4) is 0 Å². The Hall–Kier alpha value is -4.42. The molecule has 1 saturated heterocycles. The Balaban J connectivity index is 1.44. The fraction of sp³-hybridized carbons (Fsp3) is 0.222. The van der Waals surface area contributed by atoms with E-state index in [9.17, 15) is 0 Å². The quantitative estimate of drug-likeness (QED) is 0.206. The minimum Gasteiger partial charge on any atom is -0.457 e. The summed E-state index contributed by atoms with van der Waals surface area (Å²) in [4.78, 5) is 6.98. The van der Waals surface area contributed by atoms with E-state index in [1.807, 2.05) is 48.7 Å². The highest BCUT2D eigenvalue weighted by Crippen LogP contribution is 2.44. The highest BCUT2D eigenvalue weighted by Gasteiger charge is 2.42. The van der Waals surface area contributed by atoms with Crippen LogP contribution in [-0.2, 0) is 0 Å². The molecule has 42 heavy (non-hydrogen) atoms. The van der Waals surface area contributed by atoms with Crippen molar-refractivity contribution in [2.75, 3.05) is 4.90 Å². The SMILES string of the molecule is Cc1cc(C)c(-n2c(C)cc([C@@H]3[C@@H](c4ccccn4)NC(=S)N3c3ccc(Oc4ccccc4C)cc3)c2C)c(C)c1. The van der Waals surface area contributed by atoms with Crippen LogP contribution in [0.4, 0.5) is 5.69 Å². The van der Waals surface area contributed by atoms with Crippen LogP contribution in [0.2, 0.25) is 0 Å². The standard InChI is InChI=1S/C36H36N4OS/c1-22-19-24(3)34(25(4)20-22)39-26(5)21-30(27(39)6)35-33(31-12-9-10-18-37-31)38-36(42)40(35)28-14-16-29(17-15-28)41-32-13-8-7-11-23(32)2/h7-21,33,35H,1-6H3,(H,38,42)/t33-,35-/m1/s1. The molecule has 0 radical (unpaired) electrons. The van der Waals surface area contributed by atoms with Crippen molar-refractivity contribution < 1.29 is 4.74 Å². The van der Waals surface area contributed by atoms with E-state index < -0.39 is 0 Å². The summed E-state index contributed by atoms with van der Waals surface area (Å²) in [5.74, 6) is 1.64. The van der Waals surface area contributed by atoms with Gasteiger partial charge in [0.25, 0.3) is 0 Å². The van der Waals surface area contributed by atoms with Crippen molar-refractivity contribution in [3.05, 3.63) is 136 Å². The van der Waals surface area contributed by atoms with Gasteiger partial charge >= 0.3 is 0 Å². The van der Waals surface area contributed by atoms with Gasteiger partial charge in [0.15, 0.2) is 5.11 Å². The first-order valence-corrected chi connectivity index (χ1v) is 14.7. The van der Waals surface area contributed by atoms with Crippen molar-refractivity contribution in [1.29, 1.82) is 0 Å². The number of rotatable bonds is 6. The van der Waals surface area contributed by atoms with E-state index in [0.717, 1.165) is 28.4 Å². The highest BCUT2D eigenvalue weighted by molar-refractivity contribution is 7.80. The van der Waals surface area contributed by atoms with Crippen molar-refractivity contribution in [2.45, 2.75) is 53.6 Å². The van der Waals surface area contributed by atoms with Crippen LogP contribution < -0.4 is 15.0 Å². The van der Waals surface area contributed by atoms with E-state index in [0.29, 0.717) is 5.11 Å². The molecular formula is C36H36N4OS. The van der Waals surface area contributed by atoms with Crippen molar-refractivity contribution in [2.24, 2.45) is 0 Å². The molecule has 5 aromatic rings. The van der Waals surface area contributed by atoms with E-state index in [-0.39, 0.29) is 12.1 Å². The molecule has 5 nitrogen and oxygen atoms in total. The fourth-order valence-electron chi connectivity index (χ4n) is 6.38. The summed E-state index contributed by atoms with van der Waals surface area (Å²) in [6.07, 6.45) is 1.85. The van der Waals surface area contributed by atoms with Gasteiger partial charge in [-0.1, -0.05) is 42.0 Å². The first-order valence-electron chi connectivity index (χ1n) is 14.3. The average Bonchev–Trinajstić information content (AvgIpc) is 3.45. The van der Waals surface area contributed by atoms with Crippen LogP contribution >= 0.6 is 12.2 Å². The number of anilines is 1. The maximum Gasteiger partial charge on any atom is 0.174 e. The number of benzene rings is 3. The monoisotopic (exact) mass is 572 g/mol. The number of pyridine rings is 1. The van der Waals surface area contributed by atoms with Crippen molar-refractivity contribution in [3.63, 3.8) is 0 Å². The fourth-order valence-corrected chi connectivity index (χ4v) is 6.72. The largest absolute Gasteiger partial charge is 0.457 e. The van der Waals surface area contributed by atoms with Gasteiger partial charge < -0.3 is 19.5 Å². The second-order valence-electron chi connectivity index (χ2n) is 11.3. The predicted octanol–water partition coefficient (Wildman–Crippen LogP) is 8.69. The summed E-state index contributed by atoms with van der Waals surface area (Å²) in [6, 6.07) is 28.9. The van der Waals surface area contributed by atoms with Gasteiger partial charge in [-0.25, -0.2) is 0 Å². The molecule has 0 unspecified atom stereocenters. The van der Waals surface area contributed by atoms with Gasteiger partial charge in [0.2, 0.25) is 0 Å². The number of thiocarbonyl (C=S) groups is 1. The first-order chi connectivity index (χ1) is 20.2. The lowest BCUT2D eigenvalue weighted by Crippen LogP contribution is -2.29. The number of nitrogens with one attached hydrogen (secondary N) is 1. The number of ether oxygens (including phenoxy) is 1. The third-order valence-electron chi connectivity index (χ3n) is 8.18. The van der Waals surface area contributed by atoms with Crippen molar-refractivity contribution in [1.82, 2.24) is 14.9 Å². The third-order valence-corrected chi connectivity index (χ3v) is 8.50. The Morgan fingerprint density at radius 1 is 0.786 bits per heavy atom. The van der Waals surface area contributed by atoms with Crippen LogP contribution in [0.5, 0.6) is 11.5 Å². The second kappa shape index (κ2) is 11.1. The Labute approximate surface area is 253 Å². The number of aromatic nitrogens is 2. The summed E-state index contributed by atoms with van der Waals surface area (Å²) in [5, 5.41) is 4.29. The zero-order valence-electron chi connectivity index (χ0n) is 25.0.